The van der Waals surface area contributed by atoms with Crippen molar-refractivity contribution in [2.75, 3.05) is 6.61 Å². The van der Waals surface area contributed by atoms with Gasteiger partial charge in [0.1, 0.15) is 6.10 Å². The van der Waals surface area contributed by atoms with Gasteiger partial charge in [0.05, 0.1) is 6.61 Å². The molecule has 1 rings (SSSR count). The molecule has 0 saturated carbocycles. The number of carbonyl (C=O) groups excluding carboxylic acids is 1. The summed E-state index contributed by atoms with van der Waals surface area (Å²) in [6.07, 6.45) is 1.30. The lowest BCUT2D eigenvalue weighted by molar-refractivity contribution is -0.135. The highest BCUT2D eigenvalue weighted by molar-refractivity contribution is 6.38. The van der Waals surface area contributed by atoms with Gasteiger partial charge in [0, 0.05) is 0 Å². The molecular formula is C10H17NO4. The Labute approximate surface area is 89.1 Å². The molecule has 15 heavy (non-hydrogen) atoms. The Bertz CT molecular complexity index is 252. The van der Waals surface area contributed by atoms with Gasteiger partial charge in [-0.3, -0.25) is 0 Å². The fraction of sp³-hybridized carbons (Fsp3) is 0.800. The number of oxime groups is 1. The molecular weight excluding hydrogens is 198 g/mol. The molecule has 0 aromatic rings. The zero-order chi connectivity index (χ0) is 11.3. The second-order valence-corrected chi connectivity index (χ2v) is 3.43. The van der Waals surface area contributed by atoms with Crippen LogP contribution in [0, 0.1) is 0 Å². The summed E-state index contributed by atoms with van der Waals surface area (Å²) in [6.45, 7) is 4.02. The summed E-state index contributed by atoms with van der Waals surface area (Å²) in [5.74, 6) is -0.594. The summed E-state index contributed by atoms with van der Waals surface area (Å²) in [5, 5.41) is 13.3. The summed E-state index contributed by atoms with van der Waals surface area (Å²) >= 11 is 0. The van der Waals surface area contributed by atoms with E-state index >= 15 is 0 Å². The Kier molecular flexibility index (Phi) is 4.55. The van der Waals surface area contributed by atoms with Crippen LogP contribution in [-0.2, 0) is 14.4 Å². The molecule has 1 heterocycles. The maximum absolute atomic E-state index is 11.3. The van der Waals surface area contributed by atoms with Gasteiger partial charge in [0.2, 0.25) is 0 Å². The zero-order valence-corrected chi connectivity index (χ0v) is 9.10. The smallest absolute Gasteiger partial charge is 0.359 e. The van der Waals surface area contributed by atoms with E-state index in [0.717, 1.165) is 12.8 Å². The maximum Gasteiger partial charge on any atom is 0.359 e. The molecule has 0 aromatic carbocycles. The SMILES string of the molecule is CCCC[C@@H]1ON=C(C(=O)OCC)[C@H]1O. The third-order valence-electron chi connectivity index (χ3n) is 2.25. The molecule has 0 amide bonds. The number of unbranched alkanes of at least 4 members (excludes halogenated alkanes) is 1. The second-order valence-electron chi connectivity index (χ2n) is 3.43. The van der Waals surface area contributed by atoms with Crippen molar-refractivity contribution in [1.82, 2.24) is 0 Å². The Morgan fingerprint density at radius 1 is 1.60 bits per heavy atom. The highest BCUT2D eigenvalue weighted by Gasteiger charge is 2.36. The third-order valence-corrected chi connectivity index (χ3v) is 2.25. The largest absolute Gasteiger partial charge is 0.461 e. The van der Waals surface area contributed by atoms with Gasteiger partial charge in [0.15, 0.2) is 11.8 Å². The molecule has 0 aliphatic carbocycles. The van der Waals surface area contributed by atoms with Crippen LogP contribution in [0.2, 0.25) is 0 Å². The van der Waals surface area contributed by atoms with E-state index in [1.807, 2.05) is 0 Å². The van der Waals surface area contributed by atoms with E-state index in [1.165, 1.54) is 0 Å². The predicted octanol–water partition coefficient (Wildman–Crippen LogP) is 0.855. The number of nitrogens with zero attached hydrogens (tertiary/aromatic N) is 1. The van der Waals surface area contributed by atoms with Crippen LogP contribution in [0.4, 0.5) is 0 Å². The summed E-state index contributed by atoms with van der Waals surface area (Å²) in [7, 11) is 0. The van der Waals surface area contributed by atoms with E-state index < -0.39 is 18.2 Å². The van der Waals surface area contributed by atoms with Crippen molar-refractivity contribution in [2.24, 2.45) is 5.16 Å². The summed E-state index contributed by atoms with van der Waals surface area (Å²) in [6, 6.07) is 0. The van der Waals surface area contributed by atoms with Crippen LogP contribution in [0.3, 0.4) is 0 Å². The Morgan fingerprint density at radius 2 is 2.33 bits per heavy atom. The fourth-order valence-electron chi connectivity index (χ4n) is 1.39. The summed E-state index contributed by atoms with van der Waals surface area (Å²) in [4.78, 5) is 16.3. The second kappa shape index (κ2) is 5.70. The number of aliphatic hydroxyl groups excluding tert-OH is 1. The van der Waals surface area contributed by atoms with Crippen LogP contribution in [0.5, 0.6) is 0 Å². The minimum Gasteiger partial charge on any atom is -0.461 e. The predicted molar refractivity (Wildman–Crippen MR) is 54.5 cm³/mol. The van der Waals surface area contributed by atoms with Crippen molar-refractivity contribution in [3.8, 4) is 0 Å². The standard InChI is InChI=1S/C10H17NO4/c1-3-5-6-7-9(12)8(11-15-7)10(13)14-4-2/h7,9,12H,3-6H2,1-2H3/t7-,9-/m0/s1. The average Bonchev–Trinajstić information content (AvgIpc) is 2.57. The summed E-state index contributed by atoms with van der Waals surface area (Å²) in [5.41, 5.74) is -0.0158. The van der Waals surface area contributed by atoms with E-state index in [2.05, 4.69) is 12.1 Å². The van der Waals surface area contributed by atoms with E-state index in [4.69, 9.17) is 9.57 Å². The molecule has 0 saturated heterocycles. The van der Waals surface area contributed by atoms with E-state index in [-0.39, 0.29) is 12.3 Å². The monoisotopic (exact) mass is 215 g/mol. The summed E-state index contributed by atoms with van der Waals surface area (Å²) < 4.78 is 4.74. The highest BCUT2D eigenvalue weighted by atomic mass is 16.7. The minimum absolute atomic E-state index is 0.0158. The van der Waals surface area contributed by atoms with Crippen LogP contribution in [0.1, 0.15) is 33.1 Å². The molecule has 1 N–H and O–H groups in total. The Balaban J connectivity index is 2.46. The van der Waals surface area contributed by atoms with Gasteiger partial charge < -0.3 is 14.7 Å². The number of hydrogen-bond acceptors (Lipinski definition) is 5. The Hall–Kier alpha value is -1.10. The van der Waals surface area contributed by atoms with Crippen molar-refractivity contribution in [1.29, 1.82) is 0 Å². The van der Waals surface area contributed by atoms with Crippen molar-refractivity contribution in [3.05, 3.63) is 0 Å². The van der Waals surface area contributed by atoms with Gasteiger partial charge in [-0.05, 0) is 19.8 Å². The molecule has 0 aromatic heterocycles. The first-order chi connectivity index (χ1) is 7.20. The zero-order valence-electron chi connectivity index (χ0n) is 9.10. The Morgan fingerprint density at radius 3 is 2.93 bits per heavy atom. The first kappa shape index (κ1) is 12.0. The number of hydrogen-bond donors (Lipinski definition) is 1. The van der Waals surface area contributed by atoms with Crippen molar-refractivity contribution in [2.45, 2.75) is 45.3 Å². The van der Waals surface area contributed by atoms with Crippen molar-refractivity contribution < 1.29 is 19.5 Å². The average molecular weight is 215 g/mol. The van der Waals surface area contributed by atoms with Crippen LogP contribution in [0.25, 0.3) is 0 Å². The lowest BCUT2D eigenvalue weighted by atomic mass is 10.0. The molecule has 2 atom stereocenters. The van der Waals surface area contributed by atoms with Crippen molar-refractivity contribution in [3.63, 3.8) is 0 Å². The maximum atomic E-state index is 11.3. The van der Waals surface area contributed by atoms with Crippen LogP contribution >= 0.6 is 0 Å². The molecule has 5 nitrogen and oxygen atoms in total. The van der Waals surface area contributed by atoms with E-state index in [1.54, 1.807) is 6.92 Å². The number of esters is 1. The molecule has 5 heteroatoms. The molecule has 0 fully saturated rings. The number of ether oxygens (including phenoxy) is 1. The fourth-order valence-corrected chi connectivity index (χ4v) is 1.39. The van der Waals surface area contributed by atoms with Crippen LogP contribution < -0.4 is 0 Å². The molecule has 1 aliphatic rings. The van der Waals surface area contributed by atoms with Gasteiger partial charge in [0.25, 0.3) is 0 Å². The topological polar surface area (TPSA) is 68.1 Å². The van der Waals surface area contributed by atoms with Crippen LogP contribution in [0.15, 0.2) is 5.16 Å². The van der Waals surface area contributed by atoms with Gasteiger partial charge in [-0.2, -0.15) is 0 Å². The number of rotatable bonds is 5. The first-order valence-corrected chi connectivity index (χ1v) is 5.29. The lowest BCUT2D eigenvalue weighted by Crippen LogP contribution is -2.34. The molecule has 0 unspecified atom stereocenters. The van der Waals surface area contributed by atoms with E-state index in [0.29, 0.717) is 6.42 Å². The normalized spacial score (nSPS) is 24.6. The molecule has 0 radical (unpaired) electrons. The van der Waals surface area contributed by atoms with Crippen LogP contribution in [-0.4, -0.2) is 35.6 Å². The van der Waals surface area contributed by atoms with E-state index in [9.17, 15) is 9.90 Å². The quantitative estimate of drug-likeness (QED) is 0.690. The highest BCUT2D eigenvalue weighted by Crippen LogP contribution is 2.17. The number of carbonyl (C=O) groups is 1. The van der Waals surface area contributed by atoms with Gasteiger partial charge in [-0.1, -0.05) is 18.5 Å². The van der Waals surface area contributed by atoms with Crippen molar-refractivity contribution >= 4 is 11.7 Å². The van der Waals surface area contributed by atoms with Gasteiger partial charge >= 0.3 is 5.97 Å². The third kappa shape index (κ3) is 2.92. The lowest BCUT2D eigenvalue weighted by Gasteiger charge is -2.12. The number of aliphatic hydroxyl groups is 1. The first-order valence-electron chi connectivity index (χ1n) is 5.29. The van der Waals surface area contributed by atoms with Gasteiger partial charge in [-0.25, -0.2) is 4.79 Å². The molecule has 0 bridgehead atoms. The molecule has 1 aliphatic heterocycles. The molecule has 86 valence electrons. The minimum atomic E-state index is -0.949. The van der Waals surface area contributed by atoms with Gasteiger partial charge in [-0.15, -0.1) is 0 Å². The molecule has 0 spiro atoms.